The maximum Gasteiger partial charge on any atom is 0.322 e. The highest BCUT2D eigenvalue weighted by Gasteiger charge is 2.53. The molecular formula is C20H24N6O2. The first-order valence-corrected chi connectivity index (χ1v) is 9.63. The lowest BCUT2D eigenvalue weighted by atomic mass is 9.73. The Bertz CT molecular complexity index is 862. The van der Waals surface area contributed by atoms with Crippen LogP contribution >= 0.6 is 0 Å². The van der Waals surface area contributed by atoms with Crippen molar-refractivity contribution in [2.45, 2.75) is 38.1 Å². The van der Waals surface area contributed by atoms with E-state index < -0.39 is 11.6 Å². The van der Waals surface area contributed by atoms with Crippen molar-refractivity contribution < 1.29 is 9.59 Å². The topological polar surface area (TPSA) is 100 Å². The lowest BCUT2D eigenvalue weighted by Crippen LogP contribution is -2.53. The lowest BCUT2D eigenvalue weighted by Gasteiger charge is -2.41. The molecule has 2 aliphatic rings. The molecule has 2 aromatic rings. The van der Waals surface area contributed by atoms with Gasteiger partial charge in [0.1, 0.15) is 0 Å². The number of anilines is 1. The summed E-state index contributed by atoms with van der Waals surface area (Å²) >= 11 is 0. The first-order valence-electron chi connectivity index (χ1n) is 9.63. The summed E-state index contributed by atoms with van der Waals surface area (Å²) in [6, 6.07) is 7.20. The van der Waals surface area contributed by atoms with Gasteiger partial charge in [0.25, 0.3) is 5.91 Å². The molecule has 1 atom stereocenters. The molecule has 0 saturated carbocycles. The zero-order chi connectivity index (χ0) is 19.7. The van der Waals surface area contributed by atoms with Crippen LogP contribution in [0.3, 0.4) is 0 Å². The summed E-state index contributed by atoms with van der Waals surface area (Å²) in [4.78, 5) is 31.1. The molecule has 8 nitrogen and oxygen atoms in total. The molecule has 3 amide bonds. The number of aromatic nitrogens is 3. The van der Waals surface area contributed by atoms with E-state index in [9.17, 15) is 9.59 Å². The van der Waals surface area contributed by atoms with Crippen molar-refractivity contribution in [3.05, 3.63) is 47.9 Å². The fourth-order valence-corrected chi connectivity index (χ4v) is 4.14. The third-order valence-electron chi connectivity index (χ3n) is 5.71. The van der Waals surface area contributed by atoms with Crippen molar-refractivity contribution in [1.82, 2.24) is 25.8 Å². The Kier molecular flexibility index (Phi) is 4.70. The molecule has 28 heavy (non-hydrogen) atoms. The highest BCUT2D eigenvalue weighted by Crippen LogP contribution is 2.39. The first kappa shape index (κ1) is 18.3. The molecule has 8 heteroatoms. The van der Waals surface area contributed by atoms with Crippen LogP contribution in [0.2, 0.25) is 0 Å². The number of imide groups is 1. The van der Waals surface area contributed by atoms with Gasteiger partial charge in [0.15, 0.2) is 11.4 Å². The normalized spacial score (nSPS) is 23.0. The molecule has 2 N–H and O–H groups in total. The molecular weight excluding hydrogens is 356 g/mol. The van der Waals surface area contributed by atoms with Gasteiger partial charge in [-0.2, -0.15) is 5.10 Å². The molecule has 4 rings (SSSR count). The van der Waals surface area contributed by atoms with Gasteiger partial charge in [-0.3, -0.25) is 15.1 Å². The molecule has 2 saturated heterocycles. The van der Waals surface area contributed by atoms with E-state index in [0.717, 1.165) is 43.0 Å². The Balaban J connectivity index is 1.54. The number of nitrogens with zero attached hydrogens (tertiary/aromatic N) is 4. The van der Waals surface area contributed by atoms with Gasteiger partial charge in [-0.05, 0) is 42.9 Å². The Morgan fingerprint density at radius 2 is 1.93 bits per heavy atom. The minimum absolute atomic E-state index is 0.0257. The zero-order valence-corrected chi connectivity index (χ0v) is 16.1. The van der Waals surface area contributed by atoms with Gasteiger partial charge < -0.3 is 10.2 Å². The summed E-state index contributed by atoms with van der Waals surface area (Å²) in [6.45, 7) is 5.67. The number of carbonyl (C=O) groups is 2. The van der Waals surface area contributed by atoms with E-state index in [2.05, 4.69) is 44.6 Å². The van der Waals surface area contributed by atoms with Gasteiger partial charge in [0.2, 0.25) is 0 Å². The maximum absolute atomic E-state index is 12.8. The fourth-order valence-electron chi connectivity index (χ4n) is 4.14. The van der Waals surface area contributed by atoms with Crippen LogP contribution in [0.25, 0.3) is 0 Å². The van der Waals surface area contributed by atoms with Crippen molar-refractivity contribution >= 4 is 17.8 Å². The van der Waals surface area contributed by atoms with Crippen LogP contribution in [0, 0.1) is 5.92 Å². The second-order valence-corrected chi connectivity index (χ2v) is 7.69. The molecule has 0 spiro atoms. The number of hydrogen-bond acceptors (Lipinski definition) is 6. The summed E-state index contributed by atoms with van der Waals surface area (Å²) < 4.78 is 0. The van der Waals surface area contributed by atoms with Gasteiger partial charge in [-0.25, -0.2) is 4.79 Å². The number of carbonyl (C=O) groups excluding carboxylic acids is 2. The molecule has 2 aliphatic heterocycles. The van der Waals surface area contributed by atoms with Crippen molar-refractivity contribution in [3.63, 3.8) is 0 Å². The standard InChI is InChI=1S/C20H24N6O2/c1-13(2)16-5-6-17(25-24-16)26-10-7-14(8-11-26)20(15-4-3-9-21-12-15)18(27)22-19(28)23-20/h3-6,9,12-14H,7-8,10-11H2,1-2H3,(H2,22,23,27,28)/t20-/m0/s1. The number of pyridine rings is 1. The van der Waals surface area contributed by atoms with Crippen molar-refractivity contribution in [2.24, 2.45) is 5.92 Å². The molecule has 0 radical (unpaired) electrons. The van der Waals surface area contributed by atoms with Crippen molar-refractivity contribution in [2.75, 3.05) is 18.0 Å². The molecule has 2 aromatic heterocycles. The van der Waals surface area contributed by atoms with Crippen LogP contribution in [-0.2, 0) is 10.3 Å². The summed E-state index contributed by atoms with van der Waals surface area (Å²) in [6.07, 6.45) is 4.81. The predicted molar refractivity (Wildman–Crippen MR) is 104 cm³/mol. The average Bonchev–Trinajstić information content (AvgIpc) is 3.03. The quantitative estimate of drug-likeness (QED) is 0.787. The Morgan fingerprint density at radius 3 is 2.46 bits per heavy atom. The summed E-state index contributed by atoms with van der Waals surface area (Å²) in [5.41, 5.74) is 0.627. The molecule has 0 aliphatic carbocycles. The average molecular weight is 380 g/mol. The van der Waals surface area contributed by atoms with E-state index in [1.165, 1.54) is 0 Å². The number of urea groups is 1. The Hall–Kier alpha value is -3.03. The second-order valence-electron chi connectivity index (χ2n) is 7.69. The van der Waals surface area contributed by atoms with Crippen LogP contribution in [-0.4, -0.2) is 40.2 Å². The van der Waals surface area contributed by atoms with Crippen LogP contribution < -0.4 is 15.5 Å². The minimum Gasteiger partial charge on any atom is -0.355 e. The Morgan fingerprint density at radius 1 is 1.14 bits per heavy atom. The molecule has 0 bridgehead atoms. The van der Waals surface area contributed by atoms with E-state index in [4.69, 9.17) is 0 Å². The smallest absolute Gasteiger partial charge is 0.322 e. The predicted octanol–water partition coefficient (Wildman–Crippen LogP) is 1.95. The highest BCUT2D eigenvalue weighted by atomic mass is 16.2. The van der Waals surface area contributed by atoms with Crippen LogP contribution in [0.1, 0.15) is 43.9 Å². The van der Waals surface area contributed by atoms with Crippen LogP contribution in [0.5, 0.6) is 0 Å². The van der Waals surface area contributed by atoms with Gasteiger partial charge in [0, 0.05) is 31.0 Å². The largest absolute Gasteiger partial charge is 0.355 e. The third-order valence-corrected chi connectivity index (χ3v) is 5.71. The molecule has 0 unspecified atom stereocenters. The Labute approximate surface area is 163 Å². The summed E-state index contributed by atoms with van der Waals surface area (Å²) in [5.74, 6) is 0.863. The number of piperidine rings is 1. The van der Waals surface area contributed by atoms with Crippen LogP contribution in [0.4, 0.5) is 10.6 Å². The van der Waals surface area contributed by atoms with Gasteiger partial charge in [-0.1, -0.05) is 19.9 Å². The van der Waals surface area contributed by atoms with Gasteiger partial charge in [0.05, 0.1) is 5.69 Å². The highest BCUT2D eigenvalue weighted by molar-refractivity contribution is 6.07. The number of nitrogens with one attached hydrogen (secondary N) is 2. The van der Waals surface area contributed by atoms with Crippen LogP contribution in [0.15, 0.2) is 36.7 Å². The van der Waals surface area contributed by atoms with E-state index in [1.807, 2.05) is 18.2 Å². The third kappa shape index (κ3) is 3.08. The van der Waals surface area contributed by atoms with E-state index >= 15 is 0 Å². The molecule has 0 aromatic carbocycles. The SMILES string of the molecule is CC(C)c1ccc(N2CCC([C@@]3(c4cccnc4)NC(=O)NC3=O)CC2)nn1. The second kappa shape index (κ2) is 7.18. The van der Waals surface area contributed by atoms with Gasteiger partial charge in [-0.15, -0.1) is 5.10 Å². The summed E-state index contributed by atoms with van der Waals surface area (Å²) in [5, 5.41) is 14.0. The maximum atomic E-state index is 12.8. The lowest BCUT2D eigenvalue weighted by molar-refractivity contribution is -0.126. The summed E-state index contributed by atoms with van der Waals surface area (Å²) in [7, 11) is 0. The monoisotopic (exact) mass is 380 g/mol. The molecule has 146 valence electrons. The number of hydrogen-bond donors (Lipinski definition) is 2. The van der Waals surface area contributed by atoms with Crippen molar-refractivity contribution in [3.8, 4) is 0 Å². The molecule has 4 heterocycles. The fraction of sp³-hybridized carbons (Fsp3) is 0.450. The number of amides is 3. The first-order chi connectivity index (χ1) is 13.5. The van der Waals surface area contributed by atoms with E-state index in [0.29, 0.717) is 5.92 Å². The van der Waals surface area contributed by atoms with E-state index in [1.54, 1.807) is 18.5 Å². The van der Waals surface area contributed by atoms with Crippen molar-refractivity contribution in [1.29, 1.82) is 0 Å². The zero-order valence-electron chi connectivity index (χ0n) is 16.1. The minimum atomic E-state index is -1.06. The van der Waals surface area contributed by atoms with E-state index in [-0.39, 0.29) is 11.8 Å². The number of rotatable bonds is 4. The van der Waals surface area contributed by atoms with Gasteiger partial charge >= 0.3 is 6.03 Å². The molecule has 2 fully saturated rings.